The Balaban J connectivity index is 2.23. The Kier molecular flexibility index (Phi) is 4.90. The van der Waals surface area contributed by atoms with Gasteiger partial charge in [0, 0.05) is 12.2 Å². The van der Waals surface area contributed by atoms with E-state index in [9.17, 15) is 9.59 Å². The number of hydrogen-bond donors (Lipinski definition) is 2. The molecule has 5 heteroatoms. The summed E-state index contributed by atoms with van der Waals surface area (Å²) in [5.74, 6) is -1.53. The van der Waals surface area contributed by atoms with Crippen LogP contribution in [0.15, 0.2) is 42.5 Å². The number of amides is 1. The Morgan fingerprint density at radius 1 is 1.19 bits per heavy atom. The van der Waals surface area contributed by atoms with Crippen LogP contribution in [0.25, 0.3) is 10.8 Å². The molecule has 0 fully saturated rings. The second-order valence-corrected chi connectivity index (χ2v) is 4.55. The minimum absolute atomic E-state index is 0.0532. The number of carbonyl (C=O) groups excluding carboxylic acids is 1. The largest absolute Gasteiger partial charge is 0.480 e. The van der Waals surface area contributed by atoms with Crippen LogP contribution in [-0.4, -0.2) is 36.2 Å². The highest BCUT2D eigenvalue weighted by molar-refractivity contribution is 6.07. The Hall–Kier alpha value is -2.40. The van der Waals surface area contributed by atoms with Gasteiger partial charge >= 0.3 is 5.97 Å². The summed E-state index contributed by atoms with van der Waals surface area (Å²) in [6.07, 6.45) is 0. The van der Waals surface area contributed by atoms with E-state index in [4.69, 9.17) is 9.84 Å². The second kappa shape index (κ2) is 6.85. The Morgan fingerprint density at radius 2 is 1.90 bits per heavy atom. The van der Waals surface area contributed by atoms with Gasteiger partial charge in [0.2, 0.25) is 0 Å². The molecule has 0 saturated carbocycles. The maximum atomic E-state index is 12.3. The number of carboxylic acids is 1. The standard InChI is InChI=1S/C16H17NO4/c1-2-21-10-14(16(19)20)17-15(18)13-9-5-7-11-6-3-4-8-12(11)13/h3-9,14H,2,10H2,1H3,(H,17,18)(H,19,20)/t14-/m0/s1. The average molecular weight is 287 g/mol. The van der Waals surface area contributed by atoms with E-state index in [0.717, 1.165) is 10.8 Å². The fourth-order valence-corrected chi connectivity index (χ4v) is 2.07. The van der Waals surface area contributed by atoms with Gasteiger partial charge in [-0.3, -0.25) is 4.79 Å². The molecule has 2 N–H and O–H groups in total. The minimum atomic E-state index is -1.11. The van der Waals surface area contributed by atoms with Crippen LogP contribution < -0.4 is 5.32 Å². The van der Waals surface area contributed by atoms with Crippen LogP contribution in [0.5, 0.6) is 0 Å². The number of fused-ring (bicyclic) bond motifs is 1. The van der Waals surface area contributed by atoms with Crippen molar-refractivity contribution in [2.75, 3.05) is 13.2 Å². The monoisotopic (exact) mass is 287 g/mol. The molecule has 0 aliphatic heterocycles. The summed E-state index contributed by atoms with van der Waals surface area (Å²) < 4.78 is 5.09. The molecule has 1 atom stereocenters. The molecule has 0 aromatic heterocycles. The van der Waals surface area contributed by atoms with E-state index < -0.39 is 17.9 Å². The Morgan fingerprint density at radius 3 is 2.62 bits per heavy atom. The molecule has 0 aliphatic carbocycles. The van der Waals surface area contributed by atoms with Crippen LogP contribution in [0.3, 0.4) is 0 Å². The Bertz CT molecular complexity index is 648. The number of aliphatic carboxylic acids is 1. The molecular weight excluding hydrogens is 270 g/mol. The van der Waals surface area contributed by atoms with Crippen molar-refractivity contribution in [1.82, 2.24) is 5.32 Å². The van der Waals surface area contributed by atoms with Crippen molar-refractivity contribution in [2.24, 2.45) is 0 Å². The van der Waals surface area contributed by atoms with Crippen molar-refractivity contribution >= 4 is 22.6 Å². The van der Waals surface area contributed by atoms with E-state index in [1.54, 1.807) is 19.1 Å². The third-order valence-electron chi connectivity index (χ3n) is 3.13. The number of carboxylic acid groups (broad SMARTS) is 1. The zero-order valence-electron chi connectivity index (χ0n) is 11.7. The molecule has 0 radical (unpaired) electrons. The first kappa shape index (κ1) is 15.0. The quantitative estimate of drug-likeness (QED) is 0.852. The van der Waals surface area contributed by atoms with Crippen LogP contribution >= 0.6 is 0 Å². The molecule has 2 aromatic rings. The van der Waals surface area contributed by atoms with Crippen LogP contribution in [0.1, 0.15) is 17.3 Å². The predicted octanol–water partition coefficient (Wildman–Crippen LogP) is 2.06. The van der Waals surface area contributed by atoms with Crippen LogP contribution in [0.2, 0.25) is 0 Å². The van der Waals surface area contributed by atoms with Crippen LogP contribution in [0, 0.1) is 0 Å². The first-order chi connectivity index (χ1) is 10.1. The number of carbonyl (C=O) groups is 2. The number of rotatable bonds is 6. The molecule has 21 heavy (non-hydrogen) atoms. The van der Waals surface area contributed by atoms with Crippen molar-refractivity contribution in [3.63, 3.8) is 0 Å². The zero-order chi connectivity index (χ0) is 15.2. The third kappa shape index (κ3) is 3.58. The maximum absolute atomic E-state index is 12.3. The number of hydrogen-bond acceptors (Lipinski definition) is 3. The van der Waals surface area contributed by atoms with Gasteiger partial charge in [0.15, 0.2) is 6.04 Å². The summed E-state index contributed by atoms with van der Waals surface area (Å²) in [5, 5.41) is 13.3. The summed E-state index contributed by atoms with van der Waals surface area (Å²) in [6.45, 7) is 2.11. The van der Waals surface area contributed by atoms with E-state index in [1.165, 1.54) is 0 Å². The van der Waals surface area contributed by atoms with Gasteiger partial charge in [0.25, 0.3) is 5.91 Å². The van der Waals surface area contributed by atoms with Gasteiger partial charge in [0.1, 0.15) is 0 Å². The van der Waals surface area contributed by atoms with Gasteiger partial charge in [-0.2, -0.15) is 0 Å². The minimum Gasteiger partial charge on any atom is -0.480 e. The van der Waals surface area contributed by atoms with E-state index in [-0.39, 0.29) is 6.61 Å². The molecule has 0 saturated heterocycles. The number of nitrogens with one attached hydrogen (secondary N) is 1. The van der Waals surface area contributed by atoms with E-state index in [0.29, 0.717) is 12.2 Å². The first-order valence-corrected chi connectivity index (χ1v) is 6.72. The van der Waals surface area contributed by atoms with Crippen molar-refractivity contribution in [3.8, 4) is 0 Å². The Labute approximate surface area is 122 Å². The van der Waals surface area contributed by atoms with E-state index >= 15 is 0 Å². The number of benzene rings is 2. The highest BCUT2D eigenvalue weighted by Crippen LogP contribution is 2.18. The fraction of sp³-hybridized carbons (Fsp3) is 0.250. The molecule has 5 nitrogen and oxygen atoms in total. The van der Waals surface area contributed by atoms with Gasteiger partial charge in [0.05, 0.1) is 6.61 Å². The molecule has 0 bridgehead atoms. The zero-order valence-corrected chi connectivity index (χ0v) is 11.7. The first-order valence-electron chi connectivity index (χ1n) is 6.72. The number of ether oxygens (including phenoxy) is 1. The molecular formula is C16H17NO4. The molecule has 1 amide bonds. The van der Waals surface area contributed by atoms with Crippen LogP contribution in [-0.2, 0) is 9.53 Å². The molecule has 2 aromatic carbocycles. The van der Waals surface area contributed by atoms with Crippen molar-refractivity contribution in [2.45, 2.75) is 13.0 Å². The maximum Gasteiger partial charge on any atom is 0.328 e. The van der Waals surface area contributed by atoms with Gasteiger partial charge in [-0.15, -0.1) is 0 Å². The third-order valence-corrected chi connectivity index (χ3v) is 3.13. The van der Waals surface area contributed by atoms with E-state index in [1.807, 2.05) is 30.3 Å². The lowest BCUT2D eigenvalue weighted by molar-refractivity contribution is -0.140. The molecule has 0 unspecified atom stereocenters. The SMILES string of the molecule is CCOC[C@H](NC(=O)c1cccc2ccccc12)C(=O)O. The highest BCUT2D eigenvalue weighted by Gasteiger charge is 2.21. The molecule has 110 valence electrons. The summed E-state index contributed by atoms with van der Waals surface area (Å²) in [5.41, 5.74) is 0.454. The van der Waals surface area contributed by atoms with Gasteiger partial charge in [-0.25, -0.2) is 4.79 Å². The molecule has 0 heterocycles. The molecule has 2 rings (SSSR count). The normalized spacial score (nSPS) is 12.0. The molecule has 0 aliphatic rings. The van der Waals surface area contributed by atoms with Gasteiger partial charge < -0.3 is 15.2 Å². The smallest absolute Gasteiger partial charge is 0.328 e. The van der Waals surface area contributed by atoms with Gasteiger partial charge in [-0.1, -0.05) is 36.4 Å². The van der Waals surface area contributed by atoms with Gasteiger partial charge in [-0.05, 0) is 23.8 Å². The highest BCUT2D eigenvalue weighted by atomic mass is 16.5. The van der Waals surface area contributed by atoms with Crippen LogP contribution in [0.4, 0.5) is 0 Å². The summed E-state index contributed by atoms with van der Waals surface area (Å²) >= 11 is 0. The lowest BCUT2D eigenvalue weighted by Crippen LogP contribution is -2.44. The topological polar surface area (TPSA) is 75.6 Å². The summed E-state index contributed by atoms with van der Waals surface area (Å²) in [4.78, 5) is 23.4. The van der Waals surface area contributed by atoms with Crippen molar-refractivity contribution < 1.29 is 19.4 Å². The van der Waals surface area contributed by atoms with Crippen molar-refractivity contribution in [3.05, 3.63) is 48.0 Å². The lowest BCUT2D eigenvalue weighted by atomic mass is 10.0. The fourth-order valence-electron chi connectivity index (χ4n) is 2.07. The second-order valence-electron chi connectivity index (χ2n) is 4.55. The summed E-state index contributed by atoms with van der Waals surface area (Å²) in [6, 6.07) is 11.8. The van der Waals surface area contributed by atoms with E-state index in [2.05, 4.69) is 5.32 Å². The average Bonchev–Trinajstić information content (AvgIpc) is 2.50. The lowest BCUT2D eigenvalue weighted by Gasteiger charge is -2.15. The predicted molar refractivity (Wildman–Crippen MR) is 79.3 cm³/mol. The molecule has 0 spiro atoms. The van der Waals surface area contributed by atoms with Crippen molar-refractivity contribution in [1.29, 1.82) is 0 Å². The summed E-state index contributed by atoms with van der Waals surface area (Å²) in [7, 11) is 0.